The van der Waals surface area contributed by atoms with Crippen LogP contribution >= 0.6 is 0 Å². The first-order valence-electron chi connectivity index (χ1n) is 16.7. The van der Waals surface area contributed by atoms with Crippen LogP contribution in [0.15, 0.2) is 0 Å². The SMILES string of the molecule is CCCC(C)NC(=O)CCCCCCCCC[C@H]1C[C@]2(C)[C@@H](O)CC[C@H]2[C@@H]2CC[C@H]3CC(=O)CC[C@]3(C)[C@@H]12. The number of Topliss-reactive ketones (excluding diaryl/α,β-unsaturated/α-hetero) is 1. The van der Waals surface area contributed by atoms with Crippen molar-refractivity contribution in [3.63, 3.8) is 0 Å². The van der Waals surface area contributed by atoms with E-state index in [1.54, 1.807) is 0 Å². The minimum absolute atomic E-state index is 0.111. The Morgan fingerprint density at radius 3 is 2.45 bits per heavy atom. The Morgan fingerprint density at radius 2 is 1.71 bits per heavy atom. The molecule has 0 radical (unpaired) electrons. The predicted octanol–water partition coefficient (Wildman–Crippen LogP) is 8.00. The van der Waals surface area contributed by atoms with Crippen LogP contribution in [0.3, 0.4) is 0 Å². The predicted molar refractivity (Wildman–Crippen MR) is 156 cm³/mol. The van der Waals surface area contributed by atoms with Gasteiger partial charge in [0.15, 0.2) is 0 Å². The molecule has 4 rings (SSSR count). The van der Waals surface area contributed by atoms with E-state index >= 15 is 0 Å². The minimum atomic E-state index is -0.119. The third kappa shape index (κ3) is 6.52. The molecule has 0 bridgehead atoms. The average Bonchev–Trinajstić information content (AvgIpc) is 3.17. The Morgan fingerprint density at radius 1 is 1.00 bits per heavy atom. The molecule has 2 N–H and O–H groups in total. The summed E-state index contributed by atoms with van der Waals surface area (Å²) >= 11 is 0. The zero-order chi connectivity index (χ0) is 27.3. The molecular weight excluding hydrogens is 470 g/mol. The molecule has 0 aromatic rings. The molecule has 4 heteroatoms. The Balaban J connectivity index is 1.23. The van der Waals surface area contributed by atoms with Crippen molar-refractivity contribution in [2.75, 3.05) is 0 Å². The molecule has 0 aliphatic heterocycles. The number of hydrogen-bond donors (Lipinski definition) is 2. The number of hydrogen-bond acceptors (Lipinski definition) is 3. The number of ketones is 1. The molecule has 0 aromatic heterocycles. The summed E-state index contributed by atoms with van der Waals surface area (Å²) in [7, 11) is 0. The summed E-state index contributed by atoms with van der Waals surface area (Å²) in [5.41, 5.74) is 0.442. The first-order chi connectivity index (χ1) is 18.2. The lowest BCUT2D eigenvalue weighted by atomic mass is 9.42. The van der Waals surface area contributed by atoms with Gasteiger partial charge in [0.05, 0.1) is 6.10 Å². The standard InChI is InChI=1S/C34H59NO3/c1-5-13-24(2)35-31(38)15-12-10-8-6-7-9-11-14-25-23-34(4)29(18-19-30(34)37)28-17-16-26-22-27(36)20-21-33(26,3)32(25)28/h24-26,28-30,32,37H,5-23H2,1-4H3,(H,35,38)/t24?,25-,26-,28-,29-,30-,32-,33-,34-/m0/s1. The maximum absolute atomic E-state index is 12.4. The van der Waals surface area contributed by atoms with Crippen LogP contribution in [0, 0.1) is 40.4 Å². The number of amides is 1. The number of fused-ring (bicyclic) bond motifs is 5. The monoisotopic (exact) mass is 529 g/mol. The van der Waals surface area contributed by atoms with Gasteiger partial charge in [-0.2, -0.15) is 0 Å². The van der Waals surface area contributed by atoms with Crippen LogP contribution < -0.4 is 5.32 Å². The lowest BCUT2D eigenvalue weighted by Gasteiger charge is -2.62. The van der Waals surface area contributed by atoms with Crippen molar-refractivity contribution in [3.8, 4) is 0 Å². The summed E-state index contributed by atoms with van der Waals surface area (Å²) in [6.07, 6.45) is 21.3. The van der Waals surface area contributed by atoms with Crippen LogP contribution in [0.25, 0.3) is 0 Å². The van der Waals surface area contributed by atoms with E-state index < -0.39 is 0 Å². The van der Waals surface area contributed by atoms with E-state index in [2.05, 4.69) is 33.0 Å². The third-order valence-corrected chi connectivity index (χ3v) is 12.1. The summed E-state index contributed by atoms with van der Waals surface area (Å²) in [5, 5.41) is 14.2. The van der Waals surface area contributed by atoms with Crippen LogP contribution in [0.5, 0.6) is 0 Å². The third-order valence-electron chi connectivity index (χ3n) is 12.1. The van der Waals surface area contributed by atoms with Gasteiger partial charge < -0.3 is 10.4 Å². The highest BCUT2D eigenvalue weighted by Crippen LogP contribution is 2.68. The molecule has 218 valence electrons. The molecule has 4 saturated carbocycles. The summed E-state index contributed by atoms with van der Waals surface area (Å²) in [4.78, 5) is 24.4. The maximum atomic E-state index is 12.4. The molecule has 1 unspecified atom stereocenters. The Labute approximate surface area is 233 Å². The summed E-state index contributed by atoms with van der Waals surface area (Å²) in [6, 6.07) is 0.306. The lowest BCUT2D eigenvalue weighted by molar-refractivity contribution is -0.159. The fourth-order valence-electron chi connectivity index (χ4n) is 10.1. The molecule has 0 saturated heterocycles. The zero-order valence-electron chi connectivity index (χ0n) is 25.2. The van der Waals surface area contributed by atoms with Crippen molar-refractivity contribution in [2.24, 2.45) is 40.4 Å². The summed E-state index contributed by atoms with van der Waals surface area (Å²) in [5.74, 6) is 4.23. The smallest absolute Gasteiger partial charge is 0.220 e. The molecule has 0 aromatic carbocycles. The Kier molecular flexibility index (Phi) is 10.4. The second kappa shape index (κ2) is 13.2. The molecule has 0 heterocycles. The van der Waals surface area contributed by atoms with Gasteiger partial charge in [-0.25, -0.2) is 0 Å². The quantitative estimate of drug-likeness (QED) is 0.238. The van der Waals surface area contributed by atoms with Crippen molar-refractivity contribution >= 4 is 11.7 Å². The van der Waals surface area contributed by atoms with Gasteiger partial charge in [-0.1, -0.05) is 72.1 Å². The van der Waals surface area contributed by atoms with Crippen molar-refractivity contribution in [1.82, 2.24) is 5.32 Å². The lowest BCUT2D eigenvalue weighted by Crippen LogP contribution is -2.57. The van der Waals surface area contributed by atoms with E-state index in [4.69, 9.17) is 0 Å². The zero-order valence-corrected chi connectivity index (χ0v) is 25.2. The number of carbonyl (C=O) groups is 2. The van der Waals surface area contributed by atoms with E-state index in [9.17, 15) is 14.7 Å². The number of unbranched alkanes of at least 4 members (excludes halogenated alkanes) is 6. The normalized spacial score (nSPS) is 39.2. The van der Waals surface area contributed by atoms with E-state index in [0.717, 1.165) is 63.2 Å². The van der Waals surface area contributed by atoms with E-state index in [1.165, 1.54) is 64.2 Å². The Bertz CT molecular complexity index is 797. The average molecular weight is 530 g/mol. The minimum Gasteiger partial charge on any atom is -0.393 e. The molecule has 4 aliphatic carbocycles. The molecular formula is C34H59NO3. The summed E-state index contributed by atoms with van der Waals surface area (Å²) in [6.45, 7) is 9.25. The highest BCUT2D eigenvalue weighted by molar-refractivity contribution is 5.79. The first kappa shape index (κ1) is 30.1. The van der Waals surface area contributed by atoms with Gasteiger partial charge in [-0.15, -0.1) is 0 Å². The number of aliphatic hydroxyl groups excluding tert-OH is 1. The van der Waals surface area contributed by atoms with Gasteiger partial charge in [0.2, 0.25) is 5.91 Å². The number of nitrogens with one attached hydrogen (secondary N) is 1. The van der Waals surface area contributed by atoms with Gasteiger partial charge in [-0.3, -0.25) is 9.59 Å². The number of aliphatic hydroxyl groups is 1. The molecule has 38 heavy (non-hydrogen) atoms. The van der Waals surface area contributed by atoms with Gasteiger partial charge >= 0.3 is 0 Å². The van der Waals surface area contributed by atoms with Crippen LogP contribution in [0.2, 0.25) is 0 Å². The maximum Gasteiger partial charge on any atom is 0.220 e. The first-order valence-corrected chi connectivity index (χ1v) is 16.7. The fourth-order valence-corrected chi connectivity index (χ4v) is 10.1. The van der Waals surface area contributed by atoms with E-state index in [0.29, 0.717) is 41.4 Å². The van der Waals surface area contributed by atoms with Gasteiger partial charge in [0.25, 0.3) is 0 Å². The molecule has 4 fully saturated rings. The molecule has 4 nitrogen and oxygen atoms in total. The van der Waals surface area contributed by atoms with Crippen molar-refractivity contribution in [3.05, 3.63) is 0 Å². The van der Waals surface area contributed by atoms with Crippen LogP contribution in [0.1, 0.15) is 150 Å². The largest absolute Gasteiger partial charge is 0.393 e. The second-order valence-electron chi connectivity index (χ2n) is 14.7. The van der Waals surface area contributed by atoms with Crippen LogP contribution in [0.4, 0.5) is 0 Å². The van der Waals surface area contributed by atoms with E-state index in [-0.39, 0.29) is 17.4 Å². The second-order valence-corrected chi connectivity index (χ2v) is 14.7. The Hall–Kier alpha value is -0.900. The van der Waals surface area contributed by atoms with Crippen LogP contribution in [-0.4, -0.2) is 28.9 Å². The summed E-state index contributed by atoms with van der Waals surface area (Å²) < 4.78 is 0. The highest BCUT2D eigenvalue weighted by atomic mass is 16.3. The van der Waals surface area contributed by atoms with E-state index in [1.807, 2.05) is 0 Å². The van der Waals surface area contributed by atoms with Gasteiger partial charge in [-0.05, 0) is 98.7 Å². The molecule has 9 atom stereocenters. The van der Waals surface area contributed by atoms with Crippen molar-refractivity contribution in [2.45, 2.75) is 162 Å². The number of carbonyl (C=O) groups excluding carboxylic acids is 2. The van der Waals surface area contributed by atoms with Crippen LogP contribution in [-0.2, 0) is 9.59 Å². The fraction of sp³-hybridized carbons (Fsp3) is 0.941. The molecule has 0 spiro atoms. The molecule has 1 amide bonds. The number of rotatable bonds is 13. The van der Waals surface area contributed by atoms with Crippen molar-refractivity contribution < 1.29 is 14.7 Å². The highest BCUT2D eigenvalue weighted by Gasteiger charge is 2.62. The molecule has 4 aliphatic rings. The van der Waals surface area contributed by atoms with Gasteiger partial charge in [0, 0.05) is 25.3 Å². The topological polar surface area (TPSA) is 66.4 Å². The van der Waals surface area contributed by atoms with Crippen molar-refractivity contribution in [1.29, 1.82) is 0 Å². The van der Waals surface area contributed by atoms with Gasteiger partial charge in [0.1, 0.15) is 5.78 Å².